The Balaban J connectivity index is 1.52. The molecule has 0 radical (unpaired) electrons. The Morgan fingerprint density at radius 3 is 2.52 bits per heavy atom. The molecular formula is C22H21FN2O3S. The highest BCUT2D eigenvalue weighted by Crippen LogP contribution is 2.27. The third-order valence-electron chi connectivity index (χ3n) is 5.25. The summed E-state index contributed by atoms with van der Waals surface area (Å²) in [7, 11) is -3.77. The number of hydrogen-bond acceptors (Lipinski definition) is 3. The van der Waals surface area contributed by atoms with E-state index in [0.717, 1.165) is 22.9 Å². The molecule has 4 rings (SSSR count). The average molecular weight is 412 g/mol. The predicted octanol–water partition coefficient (Wildman–Crippen LogP) is 4.02. The van der Waals surface area contributed by atoms with Crippen LogP contribution in [0.1, 0.15) is 12.8 Å². The molecule has 3 aromatic rings. The minimum Gasteiger partial charge on any atom is -0.325 e. The van der Waals surface area contributed by atoms with Crippen molar-refractivity contribution in [1.29, 1.82) is 0 Å². The molecule has 1 aliphatic heterocycles. The number of anilines is 1. The average Bonchev–Trinajstić information content (AvgIpc) is 2.74. The molecule has 1 fully saturated rings. The SMILES string of the molecule is O=C(Nc1cccc2ccccc12)[C@@H]1CCCN(S(=O)(=O)c2ccc(F)cc2)C1. The van der Waals surface area contributed by atoms with E-state index in [1.807, 2.05) is 42.5 Å². The second kappa shape index (κ2) is 7.93. The molecule has 1 saturated heterocycles. The zero-order chi connectivity index (χ0) is 20.4. The van der Waals surface area contributed by atoms with E-state index in [0.29, 0.717) is 25.1 Å². The Labute approximate surface area is 169 Å². The maximum absolute atomic E-state index is 13.1. The number of hydrogen-bond donors (Lipinski definition) is 1. The Hall–Kier alpha value is -2.77. The summed E-state index contributed by atoms with van der Waals surface area (Å²) < 4.78 is 40.2. The number of benzene rings is 3. The molecule has 0 unspecified atom stereocenters. The van der Waals surface area contributed by atoms with E-state index < -0.39 is 21.8 Å². The lowest BCUT2D eigenvalue weighted by molar-refractivity contribution is -0.120. The summed E-state index contributed by atoms with van der Waals surface area (Å²) in [6.07, 6.45) is 1.21. The van der Waals surface area contributed by atoms with Crippen molar-refractivity contribution in [3.8, 4) is 0 Å². The van der Waals surface area contributed by atoms with E-state index in [9.17, 15) is 17.6 Å². The lowest BCUT2D eigenvalue weighted by atomic mass is 9.98. The monoisotopic (exact) mass is 412 g/mol. The molecule has 29 heavy (non-hydrogen) atoms. The fourth-order valence-corrected chi connectivity index (χ4v) is 5.22. The number of nitrogens with zero attached hydrogens (tertiary/aromatic N) is 1. The van der Waals surface area contributed by atoms with Crippen LogP contribution >= 0.6 is 0 Å². The zero-order valence-electron chi connectivity index (χ0n) is 15.7. The molecule has 0 bridgehead atoms. The minimum absolute atomic E-state index is 0.0361. The summed E-state index contributed by atoms with van der Waals surface area (Å²) in [4.78, 5) is 12.9. The fourth-order valence-electron chi connectivity index (χ4n) is 3.70. The Kier molecular flexibility index (Phi) is 5.34. The van der Waals surface area contributed by atoms with Gasteiger partial charge in [-0.15, -0.1) is 0 Å². The van der Waals surface area contributed by atoms with Crippen LogP contribution in [-0.2, 0) is 14.8 Å². The summed E-state index contributed by atoms with van der Waals surface area (Å²) in [6, 6.07) is 18.2. The van der Waals surface area contributed by atoms with Crippen LogP contribution in [0, 0.1) is 11.7 Å². The zero-order valence-corrected chi connectivity index (χ0v) is 16.5. The van der Waals surface area contributed by atoms with Gasteiger partial charge in [0, 0.05) is 24.2 Å². The Morgan fingerprint density at radius 1 is 1.00 bits per heavy atom. The Bertz CT molecular complexity index is 1140. The van der Waals surface area contributed by atoms with Crippen molar-refractivity contribution < 1.29 is 17.6 Å². The first kappa shape index (κ1) is 19.5. The van der Waals surface area contributed by atoms with Crippen LogP contribution in [0.5, 0.6) is 0 Å². The maximum Gasteiger partial charge on any atom is 0.243 e. The van der Waals surface area contributed by atoms with Gasteiger partial charge in [0.25, 0.3) is 0 Å². The van der Waals surface area contributed by atoms with E-state index in [1.165, 1.54) is 16.4 Å². The van der Waals surface area contributed by atoms with Gasteiger partial charge in [-0.2, -0.15) is 4.31 Å². The number of piperidine rings is 1. The molecule has 5 nitrogen and oxygen atoms in total. The van der Waals surface area contributed by atoms with E-state index in [1.54, 1.807) is 0 Å². The molecule has 1 heterocycles. The third-order valence-corrected chi connectivity index (χ3v) is 7.13. The van der Waals surface area contributed by atoms with Crippen LogP contribution in [0.4, 0.5) is 10.1 Å². The summed E-state index contributed by atoms with van der Waals surface area (Å²) in [5.41, 5.74) is 0.714. The standard InChI is InChI=1S/C22H21FN2O3S/c23-18-10-12-19(13-11-18)29(27,28)25-14-4-7-17(15-25)22(26)24-21-9-3-6-16-5-1-2-8-20(16)21/h1-3,5-6,8-13,17H,4,7,14-15H2,(H,24,26)/t17-/m1/s1. The van der Waals surface area contributed by atoms with Gasteiger partial charge >= 0.3 is 0 Å². The van der Waals surface area contributed by atoms with Crippen LogP contribution in [0.25, 0.3) is 10.8 Å². The lowest BCUT2D eigenvalue weighted by Gasteiger charge is -2.31. The normalized spacial score (nSPS) is 17.9. The van der Waals surface area contributed by atoms with Crippen LogP contribution in [-0.4, -0.2) is 31.7 Å². The van der Waals surface area contributed by atoms with Crippen molar-refractivity contribution >= 4 is 32.4 Å². The molecule has 1 aliphatic rings. The second-order valence-corrected chi connectivity index (χ2v) is 9.11. The molecule has 1 atom stereocenters. The van der Waals surface area contributed by atoms with Gasteiger partial charge in [-0.25, -0.2) is 12.8 Å². The summed E-state index contributed by atoms with van der Waals surface area (Å²) in [5, 5.41) is 4.93. The van der Waals surface area contributed by atoms with Crippen LogP contribution < -0.4 is 5.32 Å². The van der Waals surface area contributed by atoms with E-state index in [2.05, 4.69) is 5.32 Å². The quantitative estimate of drug-likeness (QED) is 0.704. The number of fused-ring (bicyclic) bond motifs is 1. The number of carbonyl (C=O) groups excluding carboxylic acids is 1. The highest BCUT2D eigenvalue weighted by molar-refractivity contribution is 7.89. The first-order chi connectivity index (χ1) is 13.9. The van der Waals surface area contributed by atoms with Gasteiger partial charge in [0.15, 0.2) is 0 Å². The van der Waals surface area contributed by atoms with Gasteiger partial charge in [0.05, 0.1) is 10.8 Å². The van der Waals surface area contributed by atoms with Crippen molar-refractivity contribution in [2.45, 2.75) is 17.7 Å². The topological polar surface area (TPSA) is 66.5 Å². The van der Waals surface area contributed by atoms with Crippen molar-refractivity contribution in [1.82, 2.24) is 4.31 Å². The molecular weight excluding hydrogens is 391 g/mol. The van der Waals surface area contributed by atoms with Gasteiger partial charge in [-0.3, -0.25) is 4.79 Å². The molecule has 0 saturated carbocycles. The smallest absolute Gasteiger partial charge is 0.243 e. The van der Waals surface area contributed by atoms with Crippen molar-refractivity contribution in [3.63, 3.8) is 0 Å². The molecule has 0 aromatic heterocycles. The van der Waals surface area contributed by atoms with Crippen LogP contribution in [0.15, 0.2) is 71.6 Å². The number of nitrogens with one attached hydrogen (secondary N) is 1. The van der Waals surface area contributed by atoms with Crippen molar-refractivity contribution in [2.75, 3.05) is 18.4 Å². The number of halogens is 1. The minimum atomic E-state index is -3.77. The lowest BCUT2D eigenvalue weighted by Crippen LogP contribution is -2.43. The molecule has 0 spiro atoms. The van der Waals surface area contributed by atoms with E-state index >= 15 is 0 Å². The van der Waals surface area contributed by atoms with Crippen LogP contribution in [0.2, 0.25) is 0 Å². The highest BCUT2D eigenvalue weighted by atomic mass is 32.2. The van der Waals surface area contributed by atoms with E-state index in [-0.39, 0.29) is 17.3 Å². The van der Waals surface area contributed by atoms with Crippen LogP contribution in [0.3, 0.4) is 0 Å². The predicted molar refractivity (Wildman–Crippen MR) is 110 cm³/mol. The fraction of sp³-hybridized carbons (Fsp3) is 0.227. The third kappa shape index (κ3) is 4.02. The highest BCUT2D eigenvalue weighted by Gasteiger charge is 2.33. The number of amides is 1. The molecule has 1 N–H and O–H groups in total. The molecule has 150 valence electrons. The van der Waals surface area contributed by atoms with Gasteiger partial charge in [-0.05, 0) is 48.6 Å². The Morgan fingerprint density at radius 2 is 1.72 bits per heavy atom. The van der Waals surface area contributed by atoms with Gasteiger partial charge < -0.3 is 5.32 Å². The van der Waals surface area contributed by atoms with Crippen molar-refractivity contribution in [2.24, 2.45) is 5.92 Å². The molecule has 7 heteroatoms. The number of carbonyl (C=O) groups is 1. The number of rotatable bonds is 4. The number of sulfonamides is 1. The molecule has 3 aromatic carbocycles. The first-order valence-corrected chi connectivity index (χ1v) is 10.9. The van der Waals surface area contributed by atoms with Crippen molar-refractivity contribution in [3.05, 3.63) is 72.5 Å². The van der Waals surface area contributed by atoms with Gasteiger partial charge in [0.1, 0.15) is 5.82 Å². The molecule has 0 aliphatic carbocycles. The largest absolute Gasteiger partial charge is 0.325 e. The first-order valence-electron chi connectivity index (χ1n) is 9.49. The van der Waals surface area contributed by atoms with Gasteiger partial charge in [-0.1, -0.05) is 36.4 Å². The second-order valence-electron chi connectivity index (χ2n) is 7.17. The summed E-state index contributed by atoms with van der Waals surface area (Å²) >= 11 is 0. The summed E-state index contributed by atoms with van der Waals surface area (Å²) in [5.74, 6) is -1.13. The molecule has 1 amide bonds. The summed E-state index contributed by atoms with van der Waals surface area (Å²) in [6.45, 7) is 0.452. The van der Waals surface area contributed by atoms with E-state index in [4.69, 9.17) is 0 Å². The van der Waals surface area contributed by atoms with Gasteiger partial charge in [0.2, 0.25) is 15.9 Å². The maximum atomic E-state index is 13.1.